The van der Waals surface area contributed by atoms with Gasteiger partial charge < -0.3 is 5.73 Å². The third-order valence-corrected chi connectivity index (χ3v) is 4.95. The number of sulfonamides is 1. The van der Waals surface area contributed by atoms with Gasteiger partial charge in [0.05, 0.1) is 4.90 Å². The van der Waals surface area contributed by atoms with Gasteiger partial charge in [0.1, 0.15) is 0 Å². The van der Waals surface area contributed by atoms with Crippen molar-refractivity contribution in [3.63, 3.8) is 0 Å². The summed E-state index contributed by atoms with van der Waals surface area (Å²) in [5.41, 5.74) is 6.17. The Labute approximate surface area is 116 Å². The van der Waals surface area contributed by atoms with Crippen molar-refractivity contribution in [1.29, 1.82) is 0 Å². The van der Waals surface area contributed by atoms with Crippen LogP contribution in [0.4, 0.5) is 5.69 Å². The van der Waals surface area contributed by atoms with E-state index >= 15 is 0 Å². The Morgan fingerprint density at radius 1 is 1.00 bits per heavy atom. The molecule has 1 aromatic rings. The van der Waals surface area contributed by atoms with E-state index in [1.54, 1.807) is 28.6 Å². The van der Waals surface area contributed by atoms with Crippen LogP contribution in [-0.4, -0.2) is 25.8 Å². The molecule has 0 heterocycles. The number of nitrogen functional groups attached to an aromatic ring is 1. The van der Waals surface area contributed by atoms with Crippen LogP contribution in [-0.2, 0) is 10.0 Å². The van der Waals surface area contributed by atoms with Gasteiger partial charge in [-0.25, -0.2) is 8.42 Å². The van der Waals surface area contributed by atoms with Crippen molar-refractivity contribution in [2.45, 2.75) is 44.4 Å². The standard InChI is InChI=1S/C14H24N2O2S/c1-3-5-11-16(12-6-4-2)19(17,18)14-9-7-13(15)8-10-14/h7-10H,3-6,11-12,15H2,1-2H3. The van der Waals surface area contributed by atoms with Crippen LogP contribution < -0.4 is 5.73 Å². The third-order valence-electron chi connectivity index (χ3n) is 3.04. The van der Waals surface area contributed by atoms with Crippen LogP contribution in [0.25, 0.3) is 0 Å². The molecule has 19 heavy (non-hydrogen) atoms. The van der Waals surface area contributed by atoms with E-state index in [0.29, 0.717) is 23.7 Å². The summed E-state index contributed by atoms with van der Waals surface area (Å²) >= 11 is 0. The molecular weight excluding hydrogens is 260 g/mol. The van der Waals surface area contributed by atoms with E-state index in [1.165, 1.54) is 0 Å². The second-order valence-corrected chi connectivity index (χ2v) is 6.62. The number of nitrogens with two attached hydrogens (primary N) is 1. The predicted molar refractivity (Wildman–Crippen MR) is 79.4 cm³/mol. The zero-order valence-electron chi connectivity index (χ0n) is 11.8. The summed E-state index contributed by atoms with van der Waals surface area (Å²) in [6, 6.07) is 6.42. The third kappa shape index (κ3) is 4.51. The van der Waals surface area contributed by atoms with Crippen molar-refractivity contribution in [2.24, 2.45) is 0 Å². The maximum absolute atomic E-state index is 12.5. The van der Waals surface area contributed by atoms with Gasteiger partial charge in [0.2, 0.25) is 10.0 Å². The molecule has 0 saturated carbocycles. The first kappa shape index (κ1) is 16.0. The minimum Gasteiger partial charge on any atom is -0.399 e. The van der Waals surface area contributed by atoms with Crippen LogP contribution in [0.2, 0.25) is 0 Å². The van der Waals surface area contributed by atoms with Gasteiger partial charge in [0.25, 0.3) is 0 Å². The molecule has 0 fully saturated rings. The molecule has 2 N–H and O–H groups in total. The van der Waals surface area contributed by atoms with Crippen LogP contribution in [0.15, 0.2) is 29.2 Å². The average molecular weight is 284 g/mol. The Kier molecular flexibility index (Phi) is 6.31. The van der Waals surface area contributed by atoms with Crippen molar-refractivity contribution >= 4 is 15.7 Å². The number of nitrogens with zero attached hydrogens (tertiary/aromatic N) is 1. The molecule has 1 aromatic carbocycles. The molecule has 0 aliphatic carbocycles. The highest BCUT2D eigenvalue weighted by molar-refractivity contribution is 7.89. The molecule has 0 unspecified atom stereocenters. The molecule has 0 aliphatic rings. The largest absolute Gasteiger partial charge is 0.399 e. The summed E-state index contributed by atoms with van der Waals surface area (Å²) in [5.74, 6) is 0. The molecule has 1 rings (SSSR count). The van der Waals surface area contributed by atoms with Crippen LogP contribution in [0, 0.1) is 0 Å². The monoisotopic (exact) mass is 284 g/mol. The van der Waals surface area contributed by atoms with E-state index in [9.17, 15) is 8.42 Å². The second-order valence-electron chi connectivity index (χ2n) is 4.68. The highest BCUT2D eigenvalue weighted by atomic mass is 32.2. The maximum Gasteiger partial charge on any atom is 0.243 e. The summed E-state index contributed by atoms with van der Waals surface area (Å²) in [6.07, 6.45) is 3.75. The number of benzene rings is 1. The number of anilines is 1. The van der Waals surface area contributed by atoms with Gasteiger partial charge in [-0.15, -0.1) is 0 Å². The van der Waals surface area contributed by atoms with Crippen LogP contribution in [0.1, 0.15) is 39.5 Å². The average Bonchev–Trinajstić information content (AvgIpc) is 2.39. The van der Waals surface area contributed by atoms with Crippen molar-refractivity contribution < 1.29 is 8.42 Å². The Morgan fingerprint density at radius 3 is 1.89 bits per heavy atom. The van der Waals surface area contributed by atoms with Crippen molar-refractivity contribution in [3.05, 3.63) is 24.3 Å². The SMILES string of the molecule is CCCCN(CCCC)S(=O)(=O)c1ccc(N)cc1. The Morgan fingerprint density at radius 2 is 1.47 bits per heavy atom. The predicted octanol–water partition coefficient (Wildman–Crippen LogP) is 2.86. The minimum absolute atomic E-state index is 0.328. The summed E-state index contributed by atoms with van der Waals surface area (Å²) in [6.45, 7) is 5.30. The normalized spacial score (nSPS) is 11.9. The quantitative estimate of drug-likeness (QED) is 0.747. The van der Waals surface area contributed by atoms with Crippen molar-refractivity contribution in [3.8, 4) is 0 Å². The summed E-state index contributed by atoms with van der Waals surface area (Å²) in [5, 5.41) is 0. The summed E-state index contributed by atoms with van der Waals surface area (Å²) in [7, 11) is -3.38. The molecule has 0 aromatic heterocycles. The highest BCUT2D eigenvalue weighted by Crippen LogP contribution is 2.18. The molecular formula is C14H24N2O2S. The van der Waals surface area contributed by atoms with E-state index in [0.717, 1.165) is 25.7 Å². The number of hydrogen-bond donors (Lipinski definition) is 1. The lowest BCUT2D eigenvalue weighted by Crippen LogP contribution is -2.33. The molecule has 0 amide bonds. The first-order valence-corrected chi connectivity index (χ1v) is 8.32. The van der Waals surface area contributed by atoms with Gasteiger partial charge in [-0.2, -0.15) is 4.31 Å². The zero-order valence-corrected chi connectivity index (χ0v) is 12.6. The molecule has 0 atom stereocenters. The molecule has 108 valence electrons. The summed E-state index contributed by atoms with van der Waals surface area (Å²) < 4.78 is 26.7. The van der Waals surface area contributed by atoms with Gasteiger partial charge in [0.15, 0.2) is 0 Å². The number of hydrogen-bond acceptors (Lipinski definition) is 3. The first-order valence-electron chi connectivity index (χ1n) is 6.88. The molecule has 0 bridgehead atoms. The molecule has 4 nitrogen and oxygen atoms in total. The lowest BCUT2D eigenvalue weighted by molar-refractivity contribution is 0.395. The lowest BCUT2D eigenvalue weighted by atomic mass is 10.3. The highest BCUT2D eigenvalue weighted by Gasteiger charge is 2.23. The zero-order chi connectivity index (χ0) is 14.3. The number of rotatable bonds is 8. The van der Waals surface area contributed by atoms with Gasteiger partial charge in [-0.3, -0.25) is 0 Å². The van der Waals surface area contributed by atoms with E-state index in [2.05, 4.69) is 13.8 Å². The molecule has 5 heteroatoms. The van der Waals surface area contributed by atoms with Gasteiger partial charge in [-0.05, 0) is 37.1 Å². The maximum atomic E-state index is 12.5. The van der Waals surface area contributed by atoms with Gasteiger partial charge >= 0.3 is 0 Å². The Balaban J connectivity index is 2.93. The topological polar surface area (TPSA) is 63.4 Å². The van der Waals surface area contributed by atoms with E-state index < -0.39 is 10.0 Å². The van der Waals surface area contributed by atoms with Crippen LogP contribution >= 0.6 is 0 Å². The summed E-state index contributed by atoms with van der Waals surface area (Å²) in [4.78, 5) is 0.328. The van der Waals surface area contributed by atoms with Gasteiger partial charge in [0, 0.05) is 18.8 Å². The fraction of sp³-hybridized carbons (Fsp3) is 0.571. The molecule has 0 aliphatic heterocycles. The smallest absolute Gasteiger partial charge is 0.243 e. The molecule has 0 saturated heterocycles. The fourth-order valence-electron chi connectivity index (χ4n) is 1.81. The Bertz CT molecular complexity index is 461. The van der Waals surface area contributed by atoms with Crippen LogP contribution in [0.5, 0.6) is 0 Å². The minimum atomic E-state index is -3.38. The van der Waals surface area contributed by atoms with Crippen molar-refractivity contribution in [2.75, 3.05) is 18.8 Å². The van der Waals surface area contributed by atoms with Crippen LogP contribution in [0.3, 0.4) is 0 Å². The number of unbranched alkanes of at least 4 members (excludes halogenated alkanes) is 2. The van der Waals surface area contributed by atoms with E-state index in [4.69, 9.17) is 5.73 Å². The second kappa shape index (κ2) is 7.50. The fourth-order valence-corrected chi connectivity index (χ4v) is 3.33. The molecule has 0 radical (unpaired) electrons. The Hall–Kier alpha value is -1.07. The van der Waals surface area contributed by atoms with E-state index in [-0.39, 0.29) is 0 Å². The molecule has 0 spiro atoms. The van der Waals surface area contributed by atoms with Crippen molar-refractivity contribution in [1.82, 2.24) is 4.31 Å². The first-order chi connectivity index (χ1) is 9.02. The van der Waals surface area contributed by atoms with E-state index in [1.807, 2.05) is 0 Å². The van der Waals surface area contributed by atoms with Gasteiger partial charge in [-0.1, -0.05) is 26.7 Å². The lowest BCUT2D eigenvalue weighted by Gasteiger charge is -2.22.